The number of hydrogen-bond donors (Lipinski definition) is 1. The van der Waals surface area contributed by atoms with Crippen LogP contribution in [0.5, 0.6) is 0 Å². The Labute approximate surface area is 152 Å². The van der Waals surface area contributed by atoms with E-state index in [2.05, 4.69) is 5.32 Å². The largest absolute Gasteiger partial charge is 0.342 e. The molecule has 1 fully saturated rings. The molecule has 0 unspecified atom stereocenters. The highest BCUT2D eigenvalue weighted by molar-refractivity contribution is 6.33. The van der Waals surface area contributed by atoms with Crippen LogP contribution in [0.25, 0.3) is 0 Å². The van der Waals surface area contributed by atoms with Crippen molar-refractivity contribution in [1.82, 2.24) is 4.90 Å². The van der Waals surface area contributed by atoms with Crippen molar-refractivity contribution in [2.24, 2.45) is 5.92 Å². The van der Waals surface area contributed by atoms with Gasteiger partial charge in [0.05, 0.1) is 16.6 Å². The zero-order valence-electron chi connectivity index (χ0n) is 14.2. The Bertz CT molecular complexity index is 777. The molecule has 5 heteroatoms. The maximum absolute atomic E-state index is 12.5. The number of amides is 2. The second kappa shape index (κ2) is 7.70. The van der Waals surface area contributed by atoms with Gasteiger partial charge in [-0.25, -0.2) is 0 Å². The van der Waals surface area contributed by atoms with Gasteiger partial charge in [0.2, 0.25) is 11.8 Å². The lowest BCUT2D eigenvalue weighted by molar-refractivity contribution is -0.128. The predicted octanol–water partition coefficient (Wildman–Crippen LogP) is 3.68. The number of anilines is 1. The highest BCUT2D eigenvalue weighted by Gasteiger charge is 2.34. The normalized spacial score (nSPS) is 17.0. The van der Waals surface area contributed by atoms with E-state index >= 15 is 0 Å². The van der Waals surface area contributed by atoms with Crippen LogP contribution in [-0.4, -0.2) is 29.8 Å². The highest BCUT2D eigenvalue weighted by atomic mass is 35.5. The van der Waals surface area contributed by atoms with Crippen molar-refractivity contribution < 1.29 is 9.59 Å². The van der Waals surface area contributed by atoms with E-state index in [0.29, 0.717) is 23.8 Å². The summed E-state index contributed by atoms with van der Waals surface area (Å²) in [7, 11) is 0. The maximum atomic E-state index is 12.5. The smallest absolute Gasteiger partial charge is 0.229 e. The molecule has 4 nitrogen and oxygen atoms in total. The Kier molecular flexibility index (Phi) is 5.39. The van der Waals surface area contributed by atoms with Crippen LogP contribution in [0, 0.1) is 12.8 Å². The lowest BCUT2D eigenvalue weighted by Gasteiger charge is -2.17. The summed E-state index contributed by atoms with van der Waals surface area (Å²) in [6.45, 7) is 3.04. The summed E-state index contributed by atoms with van der Waals surface area (Å²) >= 11 is 6.16. The molecule has 3 rings (SSSR count). The van der Waals surface area contributed by atoms with E-state index in [1.807, 2.05) is 49.4 Å². The number of carbonyl (C=O) groups is 2. The van der Waals surface area contributed by atoms with Gasteiger partial charge >= 0.3 is 0 Å². The first-order valence-electron chi connectivity index (χ1n) is 8.41. The van der Waals surface area contributed by atoms with Gasteiger partial charge in [0.15, 0.2) is 0 Å². The molecule has 25 heavy (non-hydrogen) atoms. The van der Waals surface area contributed by atoms with Gasteiger partial charge in [0.1, 0.15) is 0 Å². The molecule has 0 radical (unpaired) electrons. The summed E-state index contributed by atoms with van der Waals surface area (Å²) in [4.78, 5) is 26.4. The number of hydrogen-bond acceptors (Lipinski definition) is 2. The number of carbonyl (C=O) groups excluding carboxylic acids is 2. The topological polar surface area (TPSA) is 49.4 Å². The molecule has 1 aliphatic rings. The summed E-state index contributed by atoms with van der Waals surface area (Å²) in [6, 6.07) is 15.5. The number of nitrogens with zero attached hydrogens (tertiary/aromatic N) is 1. The monoisotopic (exact) mass is 356 g/mol. The molecule has 0 aromatic heterocycles. The summed E-state index contributed by atoms with van der Waals surface area (Å²) in [5.74, 6) is -0.451. The molecule has 1 atom stereocenters. The first-order valence-corrected chi connectivity index (χ1v) is 8.79. The average molecular weight is 357 g/mol. The van der Waals surface area contributed by atoms with Crippen LogP contribution in [0.4, 0.5) is 5.69 Å². The van der Waals surface area contributed by atoms with Crippen LogP contribution in [0.3, 0.4) is 0 Å². The molecule has 130 valence electrons. The van der Waals surface area contributed by atoms with Gasteiger partial charge in [0, 0.05) is 19.5 Å². The summed E-state index contributed by atoms with van der Waals surface area (Å²) in [5, 5.41) is 3.36. The van der Waals surface area contributed by atoms with E-state index in [4.69, 9.17) is 11.6 Å². The van der Waals surface area contributed by atoms with E-state index in [9.17, 15) is 9.59 Å². The molecule has 2 aromatic carbocycles. The molecule has 1 saturated heterocycles. The van der Waals surface area contributed by atoms with E-state index < -0.39 is 0 Å². The lowest BCUT2D eigenvalue weighted by atomic mass is 10.1. The first-order chi connectivity index (χ1) is 12.0. The van der Waals surface area contributed by atoms with Gasteiger partial charge in [-0.05, 0) is 36.6 Å². The molecule has 1 aliphatic heterocycles. The van der Waals surface area contributed by atoms with E-state index in [1.54, 1.807) is 11.0 Å². The molecule has 0 aliphatic carbocycles. The van der Waals surface area contributed by atoms with Crippen LogP contribution in [0.2, 0.25) is 5.02 Å². The number of aryl methyl sites for hydroxylation is 1. The Balaban J connectivity index is 1.57. The van der Waals surface area contributed by atoms with E-state index in [1.165, 1.54) is 5.56 Å². The van der Waals surface area contributed by atoms with Crippen molar-refractivity contribution in [2.45, 2.75) is 19.8 Å². The molecule has 0 bridgehead atoms. The third kappa shape index (κ3) is 4.40. The zero-order valence-corrected chi connectivity index (χ0v) is 14.9. The second-order valence-electron chi connectivity index (χ2n) is 6.45. The second-order valence-corrected chi connectivity index (χ2v) is 6.86. The van der Waals surface area contributed by atoms with Gasteiger partial charge in [-0.3, -0.25) is 9.59 Å². The average Bonchev–Trinajstić information content (AvgIpc) is 2.97. The minimum Gasteiger partial charge on any atom is -0.342 e. The molecule has 2 aromatic rings. The fourth-order valence-corrected chi connectivity index (χ4v) is 3.31. The van der Waals surface area contributed by atoms with Crippen LogP contribution in [0.1, 0.15) is 17.5 Å². The molecule has 1 heterocycles. The molecular formula is C20H21ClN2O2. The van der Waals surface area contributed by atoms with Gasteiger partial charge in [-0.1, -0.05) is 48.0 Å². The molecule has 0 spiro atoms. The molecule has 2 amide bonds. The predicted molar refractivity (Wildman–Crippen MR) is 99.7 cm³/mol. The van der Waals surface area contributed by atoms with Crippen molar-refractivity contribution in [2.75, 3.05) is 18.4 Å². The summed E-state index contributed by atoms with van der Waals surface area (Å²) in [6.07, 6.45) is 1.05. The first kappa shape index (κ1) is 17.5. The minimum absolute atomic E-state index is 0.0334. The van der Waals surface area contributed by atoms with Gasteiger partial charge in [-0.15, -0.1) is 0 Å². The van der Waals surface area contributed by atoms with Crippen LogP contribution in [0.15, 0.2) is 48.5 Å². The van der Waals surface area contributed by atoms with Gasteiger partial charge in [-0.2, -0.15) is 0 Å². The lowest BCUT2D eigenvalue weighted by Crippen LogP contribution is -2.30. The standard InChI is InChI=1S/C20H21ClN2O2/c1-14-7-8-18(17(21)11-14)22-20(25)16-12-19(24)23(13-16)10-9-15-5-3-2-4-6-15/h2-8,11,16H,9-10,12-13H2,1H3,(H,22,25)/t16-/m1/s1. The fraction of sp³-hybridized carbons (Fsp3) is 0.300. The van der Waals surface area contributed by atoms with Gasteiger partial charge < -0.3 is 10.2 Å². The van der Waals surface area contributed by atoms with Gasteiger partial charge in [0.25, 0.3) is 0 Å². The molecule has 0 saturated carbocycles. The third-order valence-corrected chi connectivity index (χ3v) is 4.79. The highest BCUT2D eigenvalue weighted by Crippen LogP contribution is 2.25. The summed E-state index contributed by atoms with van der Waals surface area (Å²) < 4.78 is 0. The Morgan fingerprint density at radius 2 is 2.00 bits per heavy atom. The molecule has 1 N–H and O–H groups in total. The van der Waals surface area contributed by atoms with Crippen molar-refractivity contribution in [3.63, 3.8) is 0 Å². The SMILES string of the molecule is Cc1ccc(NC(=O)[C@@H]2CC(=O)N(CCc3ccccc3)C2)c(Cl)c1. The van der Waals surface area contributed by atoms with Crippen molar-refractivity contribution in [3.8, 4) is 0 Å². The number of benzene rings is 2. The Morgan fingerprint density at radius 1 is 1.24 bits per heavy atom. The van der Waals surface area contributed by atoms with Crippen molar-refractivity contribution in [1.29, 1.82) is 0 Å². The number of nitrogens with one attached hydrogen (secondary N) is 1. The van der Waals surface area contributed by atoms with Crippen LogP contribution >= 0.6 is 11.6 Å². The maximum Gasteiger partial charge on any atom is 0.229 e. The van der Waals surface area contributed by atoms with Crippen molar-refractivity contribution >= 4 is 29.1 Å². The van der Waals surface area contributed by atoms with Crippen LogP contribution in [-0.2, 0) is 16.0 Å². The van der Waals surface area contributed by atoms with Crippen LogP contribution < -0.4 is 5.32 Å². The fourth-order valence-electron chi connectivity index (χ4n) is 3.03. The Hall–Kier alpha value is -2.33. The zero-order chi connectivity index (χ0) is 17.8. The number of likely N-dealkylation sites (tertiary alicyclic amines) is 1. The third-order valence-electron chi connectivity index (χ3n) is 4.48. The van der Waals surface area contributed by atoms with E-state index in [-0.39, 0.29) is 24.2 Å². The Morgan fingerprint density at radius 3 is 2.72 bits per heavy atom. The quantitative estimate of drug-likeness (QED) is 0.888. The molecular weight excluding hydrogens is 336 g/mol. The number of rotatable bonds is 5. The summed E-state index contributed by atoms with van der Waals surface area (Å²) in [5.41, 5.74) is 2.81. The van der Waals surface area contributed by atoms with Crippen molar-refractivity contribution in [3.05, 3.63) is 64.7 Å². The number of halogens is 1. The van der Waals surface area contributed by atoms with E-state index in [0.717, 1.165) is 12.0 Å². The minimum atomic E-state index is -0.333.